The summed E-state index contributed by atoms with van der Waals surface area (Å²) in [5, 5.41) is 4.00. The fourth-order valence-electron chi connectivity index (χ4n) is 1.47. The highest BCUT2D eigenvalue weighted by atomic mass is 32.2. The monoisotopic (exact) mass is 179 g/mol. The van der Waals surface area contributed by atoms with E-state index in [1.54, 1.807) is 0 Å². The fraction of sp³-hybridized carbons (Fsp3) is 0.400. The Kier molecular flexibility index (Phi) is 2.38. The van der Waals surface area contributed by atoms with Gasteiger partial charge in [-0.1, -0.05) is 29.8 Å². The molecule has 0 saturated carbocycles. The van der Waals surface area contributed by atoms with Crippen molar-refractivity contribution in [3.63, 3.8) is 0 Å². The second-order valence-electron chi connectivity index (χ2n) is 3.12. The topological polar surface area (TPSA) is 12.0 Å². The lowest BCUT2D eigenvalue weighted by Gasteiger charge is -2.09. The van der Waals surface area contributed by atoms with E-state index in [1.807, 2.05) is 11.8 Å². The number of nitrogens with one attached hydrogen (secondary N) is 1. The zero-order valence-electron chi connectivity index (χ0n) is 7.21. The van der Waals surface area contributed by atoms with Gasteiger partial charge in [0.25, 0.3) is 0 Å². The Labute approximate surface area is 77.6 Å². The van der Waals surface area contributed by atoms with Crippen LogP contribution < -0.4 is 5.32 Å². The molecule has 0 unspecified atom stereocenters. The van der Waals surface area contributed by atoms with Gasteiger partial charge in [0.2, 0.25) is 0 Å². The molecule has 1 atom stereocenters. The third-order valence-electron chi connectivity index (χ3n) is 2.06. The second-order valence-corrected chi connectivity index (χ2v) is 4.33. The molecular weight excluding hydrogens is 166 g/mol. The molecule has 1 fully saturated rings. The maximum absolute atomic E-state index is 3.46. The minimum absolute atomic E-state index is 0.532. The highest BCUT2D eigenvalue weighted by molar-refractivity contribution is 7.99. The van der Waals surface area contributed by atoms with E-state index in [2.05, 4.69) is 36.5 Å². The first-order valence-corrected chi connectivity index (χ1v) is 5.33. The number of thioether (sulfide) groups is 1. The Balaban J connectivity index is 2.21. The molecule has 1 aliphatic heterocycles. The van der Waals surface area contributed by atoms with Crippen molar-refractivity contribution in [1.82, 2.24) is 5.32 Å². The zero-order valence-corrected chi connectivity index (χ0v) is 8.03. The third kappa shape index (κ3) is 1.65. The average molecular weight is 179 g/mol. The van der Waals surface area contributed by atoms with Crippen LogP contribution in [0.5, 0.6) is 0 Å². The van der Waals surface area contributed by atoms with Crippen LogP contribution in [0, 0.1) is 6.92 Å². The lowest BCUT2D eigenvalue weighted by atomic mass is 10.1. The summed E-state index contributed by atoms with van der Waals surface area (Å²) >= 11 is 1.99. The summed E-state index contributed by atoms with van der Waals surface area (Å²) in [6.07, 6.45) is 0. The summed E-state index contributed by atoms with van der Waals surface area (Å²) in [4.78, 5) is 0. The molecule has 0 aromatic heterocycles. The predicted octanol–water partition coefficient (Wildman–Crippen LogP) is 2.33. The summed E-state index contributed by atoms with van der Waals surface area (Å²) in [6, 6.07) is 8.73. The number of hydrogen-bond donors (Lipinski definition) is 1. The molecule has 12 heavy (non-hydrogen) atoms. The van der Waals surface area contributed by atoms with Crippen molar-refractivity contribution < 1.29 is 0 Å². The summed E-state index contributed by atoms with van der Waals surface area (Å²) in [6.45, 7) is 3.28. The molecule has 1 nitrogen and oxygen atoms in total. The van der Waals surface area contributed by atoms with Crippen LogP contribution in [0.1, 0.15) is 16.5 Å². The Hall–Kier alpha value is -0.470. The molecule has 0 aliphatic carbocycles. The van der Waals surface area contributed by atoms with Gasteiger partial charge in [0.1, 0.15) is 0 Å². The molecule has 64 valence electrons. The maximum atomic E-state index is 3.46. The Morgan fingerprint density at radius 3 is 3.08 bits per heavy atom. The number of aryl methyl sites for hydroxylation is 1. The molecule has 2 heteroatoms. The number of benzene rings is 1. The highest BCUT2D eigenvalue weighted by Crippen LogP contribution is 2.29. The quantitative estimate of drug-likeness (QED) is 0.710. The largest absolute Gasteiger partial charge is 0.301 e. The summed E-state index contributed by atoms with van der Waals surface area (Å²) in [5.74, 6) is 1.23. The van der Waals surface area contributed by atoms with E-state index in [0.717, 1.165) is 6.54 Å². The van der Waals surface area contributed by atoms with Crippen molar-refractivity contribution >= 4 is 11.8 Å². The SMILES string of the molecule is Cc1cccc([C@H]2NCCS2)c1. The third-order valence-corrected chi connectivity index (χ3v) is 3.27. The van der Waals surface area contributed by atoms with Crippen LogP contribution in [0.15, 0.2) is 24.3 Å². The second kappa shape index (κ2) is 3.50. The molecule has 1 aliphatic rings. The average Bonchev–Trinajstić information content (AvgIpc) is 2.56. The van der Waals surface area contributed by atoms with Gasteiger partial charge < -0.3 is 5.32 Å². The minimum Gasteiger partial charge on any atom is -0.301 e. The molecule has 0 spiro atoms. The van der Waals surface area contributed by atoms with Crippen molar-refractivity contribution in [3.8, 4) is 0 Å². The van der Waals surface area contributed by atoms with Gasteiger partial charge in [0.05, 0.1) is 5.37 Å². The van der Waals surface area contributed by atoms with Crippen LogP contribution in [-0.4, -0.2) is 12.3 Å². The molecule has 1 saturated heterocycles. The Morgan fingerprint density at radius 2 is 2.42 bits per heavy atom. The highest BCUT2D eigenvalue weighted by Gasteiger charge is 2.15. The fourth-order valence-corrected chi connectivity index (χ4v) is 2.52. The Morgan fingerprint density at radius 1 is 1.50 bits per heavy atom. The molecule has 0 radical (unpaired) electrons. The van der Waals surface area contributed by atoms with E-state index in [9.17, 15) is 0 Å². The van der Waals surface area contributed by atoms with Crippen molar-refractivity contribution in [1.29, 1.82) is 0 Å². The van der Waals surface area contributed by atoms with Crippen molar-refractivity contribution in [2.75, 3.05) is 12.3 Å². The van der Waals surface area contributed by atoms with Gasteiger partial charge in [0.15, 0.2) is 0 Å². The molecule has 0 amide bonds. The molecule has 1 aromatic carbocycles. The van der Waals surface area contributed by atoms with E-state index in [4.69, 9.17) is 0 Å². The molecular formula is C10H13NS. The summed E-state index contributed by atoms with van der Waals surface area (Å²) in [5.41, 5.74) is 2.76. The van der Waals surface area contributed by atoms with E-state index in [-0.39, 0.29) is 0 Å². The zero-order chi connectivity index (χ0) is 8.39. The van der Waals surface area contributed by atoms with Crippen LogP contribution in [-0.2, 0) is 0 Å². The van der Waals surface area contributed by atoms with Crippen molar-refractivity contribution in [2.24, 2.45) is 0 Å². The van der Waals surface area contributed by atoms with E-state index >= 15 is 0 Å². The number of hydrogen-bond acceptors (Lipinski definition) is 2. The Bertz CT molecular complexity index is 266. The lowest BCUT2D eigenvalue weighted by molar-refractivity contribution is 0.750. The predicted molar refractivity (Wildman–Crippen MR) is 54.4 cm³/mol. The minimum atomic E-state index is 0.532. The van der Waals surface area contributed by atoms with Crippen molar-refractivity contribution in [3.05, 3.63) is 35.4 Å². The van der Waals surface area contributed by atoms with Crippen LogP contribution in [0.4, 0.5) is 0 Å². The van der Waals surface area contributed by atoms with Gasteiger partial charge in [-0.05, 0) is 12.5 Å². The van der Waals surface area contributed by atoms with Crippen LogP contribution >= 0.6 is 11.8 Å². The van der Waals surface area contributed by atoms with Gasteiger partial charge in [-0.15, -0.1) is 11.8 Å². The first-order chi connectivity index (χ1) is 5.86. The van der Waals surface area contributed by atoms with E-state index < -0.39 is 0 Å². The van der Waals surface area contributed by atoms with Gasteiger partial charge in [-0.25, -0.2) is 0 Å². The maximum Gasteiger partial charge on any atom is 0.0790 e. The normalized spacial score (nSPS) is 22.9. The molecule has 2 rings (SSSR count). The lowest BCUT2D eigenvalue weighted by Crippen LogP contribution is -2.11. The van der Waals surface area contributed by atoms with Gasteiger partial charge >= 0.3 is 0 Å². The first kappa shape index (κ1) is 8.14. The van der Waals surface area contributed by atoms with Gasteiger partial charge in [-0.3, -0.25) is 0 Å². The molecule has 0 bridgehead atoms. The van der Waals surface area contributed by atoms with Crippen LogP contribution in [0.2, 0.25) is 0 Å². The standard InChI is InChI=1S/C10H13NS/c1-8-3-2-4-9(7-8)10-11-5-6-12-10/h2-4,7,10-11H,5-6H2,1H3/t10-/m0/s1. The van der Waals surface area contributed by atoms with E-state index in [1.165, 1.54) is 16.9 Å². The molecule has 1 aromatic rings. The van der Waals surface area contributed by atoms with Crippen molar-refractivity contribution in [2.45, 2.75) is 12.3 Å². The summed E-state index contributed by atoms with van der Waals surface area (Å²) in [7, 11) is 0. The van der Waals surface area contributed by atoms with Crippen LogP contribution in [0.25, 0.3) is 0 Å². The number of rotatable bonds is 1. The first-order valence-electron chi connectivity index (χ1n) is 4.28. The molecule has 1 N–H and O–H groups in total. The van der Waals surface area contributed by atoms with Gasteiger partial charge in [0, 0.05) is 12.3 Å². The smallest absolute Gasteiger partial charge is 0.0790 e. The molecule has 1 heterocycles. The van der Waals surface area contributed by atoms with Gasteiger partial charge in [-0.2, -0.15) is 0 Å². The summed E-state index contributed by atoms with van der Waals surface area (Å²) < 4.78 is 0. The van der Waals surface area contributed by atoms with Crippen LogP contribution in [0.3, 0.4) is 0 Å². The van der Waals surface area contributed by atoms with E-state index in [0.29, 0.717) is 5.37 Å².